The summed E-state index contributed by atoms with van der Waals surface area (Å²) in [6, 6.07) is 19.7. The molecule has 0 saturated carbocycles. The number of unbranched alkanes of at least 4 members (excludes halogenated alkanes) is 1. The van der Waals surface area contributed by atoms with E-state index in [1.54, 1.807) is 23.6 Å². The molecule has 4 aromatic rings. The van der Waals surface area contributed by atoms with Crippen LogP contribution in [0.2, 0.25) is 0 Å². The maximum atomic E-state index is 13.3. The molecule has 8 heteroatoms. The zero-order valence-corrected chi connectivity index (χ0v) is 22.1. The smallest absolute Gasteiger partial charge is 0.247 e. The number of benzene rings is 3. The van der Waals surface area contributed by atoms with Crippen molar-refractivity contribution in [2.24, 2.45) is 0 Å². The van der Waals surface area contributed by atoms with Crippen molar-refractivity contribution >= 4 is 34.1 Å². The SMILES string of the molecule is CCCCSc1nnc2c(n1)O[C@@H](c1c(OCCC)ccc3ccccc13)N(C(C)=O)c1ccccc1-2. The van der Waals surface area contributed by atoms with Crippen molar-refractivity contribution in [2.75, 3.05) is 17.3 Å². The predicted molar refractivity (Wildman–Crippen MR) is 147 cm³/mol. The summed E-state index contributed by atoms with van der Waals surface area (Å²) in [5, 5.41) is 11.4. The Morgan fingerprint density at radius 2 is 1.84 bits per heavy atom. The second-order valence-corrected chi connectivity index (χ2v) is 9.94. The van der Waals surface area contributed by atoms with Gasteiger partial charge in [-0.05, 0) is 35.7 Å². The number of para-hydroxylation sites is 1. The van der Waals surface area contributed by atoms with Crippen LogP contribution in [-0.4, -0.2) is 33.4 Å². The summed E-state index contributed by atoms with van der Waals surface area (Å²) < 4.78 is 12.9. The number of rotatable bonds is 8. The van der Waals surface area contributed by atoms with Gasteiger partial charge in [0, 0.05) is 18.2 Å². The molecule has 7 nitrogen and oxygen atoms in total. The van der Waals surface area contributed by atoms with Crippen LogP contribution in [0, 0.1) is 0 Å². The first-order valence-corrected chi connectivity index (χ1v) is 13.7. The maximum absolute atomic E-state index is 13.3. The van der Waals surface area contributed by atoms with Gasteiger partial charge in [-0.3, -0.25) is 9.69 Å². The van der Waals surface area contributed by atoms with Gasteiger partial charge in [0.1, 0.15) is 5.75 Å². The highest BCUT2D eigenvalue weighted by atomic mass is 32.2. The standard InChI is InChI=1S/C29H30N4O3S/c1-4-6-18-37-29-30-27-26(31-32-29)22-13-9-10-14-23(22)33(19(3)34)28(36-27)25-21-12-8-7-11-20(21)15-16-24(25)35-17-5-2/h7-16,28H,4-6,17-18H2,1-3H3/t28-/m0/s1. The number of aromatic nitrogens is 3. The third kappa shape index (κ3) is 4.98. The van der Waals surface area contributed by atoms with Crippen LogP contribution in [0.4, 0.5) is 5.69 Å². The molecular weight excluding hydrogens is 484 g/mol. The molecule has 0 bridgehead atoms. The first-order chi connectivity index (χ1) is 18.1. The fourth-order valence-corrected chi connectivity index (χ4v) is 5.34. The van der Waals surface area contributed by atoms with Crippen LogP contribution in [0.1, 0.15) is 51.8 Å². The lowest BCUT2D eigenvalue weighted by Gasteiger charge is -2.31. The van der Waals surface area contributed by atoms with Gasteiger partial charge in [-0.15, -0.1) is 10.2 Å². The molecule has 1 amide bonds. The van der Waals surface area contributed by atoms with E-state index in [2.05, 4.69) is 24.0 Å². The minimum Gasteiger partial charge on any atom is -0.493 e. The molecule has 2 heterocycles. The highest BCUT2D eigenvalue weighted by Gasteiger charge is 2.37. The number of ether oxygens (including phenoxy) is 2. The first kappa shape index (κ1) is 25.0. The largest absolute Gasteiger partial charge is 0.493 e. The Kier molecular flexibility index (Phi) is 7.55. The summed E-state index contributed by atoms with van der Waals surface area (Å²) >= 11 is 1.56. The maximum Gasteiger partial charge on any atom is 0.247 e. The van der Waals surface area contributed by atoms with Gasteiger partial charge in [0.05, 0.1) is 17.9 Å². The summed E-state index contributed by atoms with van der Waals surface area (Å²) in [7, 11) is 0. The Balaban J connectivity index is 1.74. The number of hydrogen-bond acceptors (Lipinski definition) is 7. The first-order valence-electron chi connectivity index (χ1n) is 12.7. The van der Waals surface area contributed by atoms with Crippen LogP contribution in [0.15, 0.2) is 65.8 Å². The monoisotopic (exact) mass is 514 g/mol. The van der Waals surface area contributed by atoms with Gasteiger partial charge >= 0.3 is 0 Å². The quantitative estimate of drug-likeness (QED) is 0.189. The normalized spacial score (nSPS) is 14.5. The molecule has 0 aliphatic carbocycles. The molecule has 0 N–H and O–H groups in total. The van der Waals surface area contributed by atoms with Crippen LogP contribution in [0.5, 0.6) is 11.6 Å². The number of thioether (sulfide) groups is 1. The Bertz CT molecular complexity index is 1430. The van der Waals surface area contributed by atoms with E-state index in [1.165, 1.54) is 0 Å². The molecule has 37 heavy (non-hydrogen) atoms. The molecule has 0 radical (unpaired) electrons. The Labute approximate surface area is 221 Å². The van der Waals surface area contributed by atoms with Crippen molar-refractivity contribution < 1.29 is 14.3 Å². The summed E-state index contributed by atoms with van der Waals surface area (Å²) in [4.78, 5) is 19.7. The second kappa shape index (κ2) is 11.2. The molecule has 1 aliphatic heterocycles. The minimum atomic E-state index is -0.817. The van der Waals surface area contributed by atoms with Crippen molar-refractivity contribution in [3.05, 3.63) is 66.2 Å². The zero-order chi connectivity index (χ0) is 25.8. The molecular formula is C29H30N4O3S. The van der Waals surface area contributed by atoms with Gasteiger partial charge in [0.2, 0.25) is 23.2 Å². The lowest BCUT2D eigenvalue weighted by molar-refractivity contribution is -0.118. The van der Waals surface area contributed by atoms with Crippen LogP contribution in [-0.2, 0) is 4.79 Å². The van der Waals surface area contributed by atoms with Crippen molar-refractivity contribution in [3.63, 3.8) is 0 Å². The van der Waals surface area contributed by atoms with Crippen LogP contribution in [0.25, 0.3) is 22.0 Å². The predicted octanol–water partition coefficient (Wildman–Crippen LogP) is 6.82. The summed E-state index contributed by atoms with van der Waals surface area (Å²) in [6.07, 6.45) is 2.19. The van der Waals surface area contributed by atoms with Crippen molar-refractivity contribution in [3.8, 4) is 22.9 Å². The molecule has 1 atom stereocenters. The third-order valence-electron chi connectivity index (χ3n) is 6.22. The average molecular weight is 515 g/mol. The lowest BCUT2D eigenvalue weighted by atomic mass is 10.0. The molecule has 0 fully saturated rings. The highest BCUT2D eigenvalue weighted by Crippen LogP contribution is 2.46. The summed E-state index contributed by atoms with van der Waals surface area (Å²) in [5.41, 5.74) is 2.73. The fraction of sp³-hybridized carbons (Fsp3) is 0.310. The molecule has 0 saturated heterocycles. The number of amides is 1. The van der Waals surface area contributed by atoms with E-state index in [-0.39, 0.29) is 5.91 Å². The van der Waals surface area contributed by atoms with Gasteiger partial charge in [-0.25, -0.2) is 0 Å². The topological polar surface area (TPSA) is 77.4 Å². The van der Waals surface area contributed by atoms with Crippen LogP contribution >= 0.6 is 11.8 Å². The van der Waals surface area contributed by atoms with E-state index in [1.807, 2.05) is 60.7 Å². The number of carbonyl (C=O) groups is 1. The van der Waals surface area contributed by atoms with Gasteiger partial charge in [0.15, 0.2) is 5.69 Å². The van der Waals surface area contributed by atoms with E-state index < -0.39 is 6.23 Å². The van der Waals surface area contributed by atoms with Crippen molar-refractivity contribution in [2.45, 2.75) is 51.4 Å². The van der Waals surface area contributed by atoms with Crippen LogP contribution < -0.4 is 14.4 Å². The van der Waals surface area contributed by atoms with E-state index in [0.717, 1.165) is 46.9 Å². The number of nitrogens with zero attached hydrogens (tertiary/aromatic N) is 4. The van der Waals surface area contributed by atoms with Gasteiger partial charge in [-0.1, -0.05) is 80.6 Å². The lowest BCUT2D eigenvalue weighted by Crippen LogP contribution is -2.36. The molecule has 190 valence electrons. The summed E-state index contributed by atoms with van der Waals surface area (Å²) in [5.74, 6) is 1.77. The van der Waals surface area contributed by atoms with E-state index in [9.17, 15) is 4.79 Å². The highest BCUT2D eigenvalue weighted by molar-refractivity contribution is 7.99. The minimum absolute atomic E-state index is 0.162. The van der Waals surface area contributed by atoms with E-state index in [0.29, 0.717) is 34.8 Å². The van der Waals surface area contributed by atoms with Gasteiger partial charge < -0.3 is 9.47 Å². The Morgan fingerprint density at radius 3 is 2.65 bits per heavy atom. The Morgan fingerprint density at radius 1 is 1.03 bits per heavy atom. The number of fused-ring (bicyclic) bond motifs is 4. The Hall–Kier alpha value is -3.65. The van der Waals surface area contributed by atoms with Gasteiger partial charge in [-0.2, -0.15) is 4.98 Å². The number of anilines is 1. The molecule has 0 spiro atoms. The molecule has 1 aliphatic rings. The third-order valence-corrected chi connectivity index (χ3v) is 7.14. The fourth-order valence-electron chi connectivity index (χ4n) is 4.48. The average Bonchev–Trinajstić information content (AvgIpc) is 3.06. The van der Waals surface area contributed by atoms with Gasteiger partial charge in [0.25, 0.3) is 0 Å². The molecule has 1 aromatic heterocycles. The second-order valence-electron chi connectivity index (χ2n) is 8.87. The van der Waals surface area contributed by atoms with E-state index in [4.69, 9.17) is 14.5 Å². The van der Waals surface area contributed by atoms with Crippen molar-refractivity contribution in [1.82, 2.24) is 15.2 Å². The number of hydrogen-bond donors (Lipinski definition) is 0. The van der Waals surface area contributed by atoms with Crippen LogP contribution in [0.3, 0.4) is 0 Å². The molecule has 5 rings (SSSR count). The molecule has 3 aromatic carbocycles. The van der Waals surface area contributed by atoms with Crippen molar-refractivity contribution in [1.29, 1.82) is 0 Å². The number of carbonyl (C=O) groups excluding carboxylic acids is 1. The molecule has 0 unspecified atom stereocenters. The zero-order valence-electron chi connectivity index (χ0n) is 21.3. The van der Waals surface area contributed by atoms with E-state index >= 15 is 0 Å². The summed E-state index contributed by atoms with van der Waals surface area (Å²) in [6.45, 7) is 6.32.